The van der Waals surface area contributed by atoms with Gasteiger partial charge in [-0.15, -0.1) is 0 Å². The molecule has 7 heteroatoms. The van der Waals surface area contributed by atoms with Gasteiger partial charge in [0.15, 0.2) is 0 Å². The summed E-state index contributed by atoms with van der Waals surface area (Å²) in [5, 5.41) is 11.0. The summed E-state index contributed by atoms with van der Waals surface area (Å²) in [7, 11) is 1.69. The molecule has 0 aromatic heterocycles. The van der Waals surface area contributed by atoms with Crippen molar-refractivity contribution in [2.24, 2.45) is 0 Å². The Morgan fingerprint density at radius 3 is 2.89 bits per heavy atom. The Labute approximate surface area is 115 Å². The predicted octanol–water partition coefficient (Wildman–Crippen LogP) is 1.75. The summed E-state index contributed by atoms with van der Waals surface area (Å²) in [6.07, 6.45) is 0.920. The number of rotatable bonds is 3. The predicted molar refractivity (Wildman–Crippen MR) is 75.3 cm³/mol. The number of nitrogens with zero attached hydrogens (tertiary/aromatic N) is 2. The molecule has 0 saturated carbocycles. The number of nitro benzene ring substituents is 1. The van der Waals surface area contributed by atoms with Gasteiger partial charge in [0.25, 0.3) is 5.91 Å². The maximum absolute atomic E-state index is 12.4. The van der Waals surface area contributed by atoms with Crippen LogP contribution in [-0.2, 0) is 0 Å². The van der Waals surface area contributed by atoms with Crippen LogP contribution in [0.1, 0.15) is 16.8 Å². The first-order chi connectivity index (χ1) is 9.02. The number of hydrogen-bond donors (Lipinski definition) is 1. The van der Waals surface area contributed by atoms with Crippen LogP contribution in [-0.4, -0.2) is 40.3 Å². The zero-order chi connectivity index (χ0) is 14.0. The monoisotopic (exact) mass is 281 g/mol. The molecule has 0 radical (unpaired) electrons. The van der Waals surface area contributed by atoms with Gasteiger partial charge in [-0.2, -0.15) is 11.8 Å². The lowest BCUT2D eigenvalue weighted by molar-refractivity contribution is -0.384. The number of anilines is 1. The van der Waals surface area contributed by atoms with Crippen LogP contribution in [0.25, 0.3) is 0 Å². The highest BCUT2D eigenvalue weighted by Gasteiger charge is 2.30. The Balaban J connectivity index is 2.33. The molecule has 0 spiro atoms. The van der Waals surface area contributed by atoms with Gasteiger partial charge in [-0.1, -0.05) is 6.07 Å². The van der Waals surface area contributed by atoms with E-state index in [4.69, 9.17) is 5.73 Å². The summed E-state index contributed by atoms with van der Waals surface area (Å²) in [6.45, 7) is 0. The lowest BCUT2D eigenvalue weighted by atomic mass is 10.1. The molecule has 0 bridgehead atoms. The van der Waals surface area contributed by atoms with Crippen molar-refractivity contribution in [3.8, 4) is 0 Å². The van der Waals surface area contributed by atoms with Crippen molar-refractivity contribution in [2.75, 3.05) is 24.3 Å². The van der Waals surface area contributed by atoms with E-state index in [2.05, 4.69) is 0 Å². The molecule has 2 rings (SSSR count). The fourth-order valence-corrected chi connectivity index (χ4v) is 3.39. The molecular formula is C12H15N3O3S. The van der Waals surface area contributed by atoms with E-state index in [0.29, 0.717) is 0 Å². The Kier molecular flexibility index (Phi) is 3.94. The van der Waals surface area contributed by atoms with E-state index >= 15 is 0 Å². The van der Waals surface area contributed by atoms with Crippen molar-refractivity contribution in [3.63, 3.8) is 0 Å². The van der Waals surface area contributed by atoms with Gasteiger partial charge in [-0.3, -0.25) is 14.9 Å². The lowest BCUT2D eigenvalue weighted by Crippen LogP contribution is -2.37. The van der Waals surface area contributed by atoms with Crippen LogP contribution in [0, 0.1) is 10.1 Å². The minimum Gasteiger partial charge on any atom is -0.393 e. The van der Waals surface area contributed by atoms with E-state index in [9.17, 15) is 14.9 Å². The van der Waals surface area contributed by atoms with Gasteiger partial charge in [0.1, 0.15) is 11.3 Å². The highest BCUT2D eigenvalue weighted by atomic mass is 32.2. The summed E-state index contributed by atoms with van der Waals surface area (Å²) in [4.78, 5) is 24.4. The Morgan fingerprint density at radius 2 is 2.32 bits per heavy atom. The number of nitrogen functional groups attached to an aromatic ring is 1. The van der Waals surface area contributed by atoms with E-state index < -0.39 is 4.92 Å². The molecule has 1 fully saturated rings. The fraction of sp³-hybridized carbons (Fsp3) is 0.417. The van der Waals surface area contributed by atoms with Gasteiger partial charge in [-0.25, -0.2) is 0 Å². The molecule has 2 N–H and O–H groups in total. The van der Waals surface area contributed by atoms with Crippen LogP contribution in [0.5, 0.6) is 0 Å². The zero-order valence-corrected chi connectivity index (χ0v) is 11.4. The van der Waals surface area contributed by atoms with Crippen LogP contribution < -0.4 is 5.73 Å². The molecule has 1 aromatic rings. The quantitative estimate of drug-likeness (QED) is 0.518. The van der Waals surface area contributed by atoms with E-state index in [1.54, 1.807) is 29.8 Å². The molecule has 6 nitrogen and oxygen atoms in total. The maximum atomic E-state index is 12.4. The smallest absolute Gasteiger partial charge is 0.304 e. The topological polar surface area (TPSA) is 89.5 Å². The number of carbonyl (C=O) groups is 1. The molecule has 1 aliphatic heterocycles. The largest absolute Gasteiger partial charge is 0.393 e. The van der Waals surface area contributed by atoms with Crippen molar-refractivity contribution < 1.29 is 9.72 Å². The highest BCUT2D eigenvalue weighted by Crippen LogP contribution is 2.29. The van der Waals surface area contributed by atoms with Crippen molar-refractivity contribution in [2.45, 2.75) is 12.5 Å². The van der Waals surface area contributed by atoms with E-state index in [1.165, 1.54) is 12.1 Å². The third kappa shape index (κ3) is 2.65. The Morgan fingerprint density at radius 1 is 1.58 bits per heavy atom. The standard InChI is InChI=1S/C12H15N3O3S/c1-14(8-5-6-19-7-8)12(16)9-3-2-4-10(13)11(9)15(17)18/h2-4,8H,5-7,13H2,1H3. The van der Waals surface area contributed by atoms with Crippen LogP contribution in [0.15, 0.2) is 18.2 Å². The molecule has 1 saturated heterocycles. The molecule has 1 atom stereocenters. The maximum Gasteiger partial charge on any atom is 0.304 e. The zero-order valence-electron chi connectivity index (χ0n) is 10.5. The summed E-state index contributed by atoms with van der Waals surface area (Å²) in [6, 6.07) is 4.58. The molecule has 19 heavy (non-hydrogen) atoms. The van der Waals surface area contributed by atoms with Gasteiger partial charge < -0.3 is 10.6 Å². The molecule has 1 aliphatic rings. The average Bonchev–Trinajstić information content (AvgIpc) is 2.90. The highest BCUT2D eigenvalue weighted by molar-refractivity contribution is 7.99. The number of para-hydroxylation sites is 1. The normalized spacial score (nSPS) is 18.3. The summed E-state index contributed by atoms with van der Waals surface area (Å²) >= 11 is 1.78. The summed E-state index contributed by atoms with van der Waals surface area (Å²) in [5.74, 6) is 1.55. The van der Waals surface area contributed by atoms with Gasteiger partial charge >= 0.3 is 5.69 Å². The van der Waals surface area contributed by atoms with Crippen molar-refractivity contribution in [3.05, 3.63) is 33.9 Å². The molecule has 0 aliphatic carbocycles. The second-order valence-corrected chi connectivity index (χ2v) is 5.58. The van der Waals surface area contributed by atoms with Gasteiger partial charge in [0.2, 0.25) is 0 Å². The fourth-order valence-electron chi connectivity index (χ4n) is 2.12. The van der Waals surface area contributed by atoms with Crippen LogP contribution in [0.2, 0.25) is 0 Å². The number of amides is 1. The number of benzene rings is 1. The minimum absolute atomic E-state index is 0.0186. The lowest BCUT2D eigenvalue weighted by Gasteiger charge is -2.23. The number of thioether (sulfide) groups is 1. The van der Waals surface area contributed by atoms with Gasteiger partial charge in [0.05, 0.1) is 4.92 Å². The number of hydrogen-bond acceptors (Lipinski definition) is 5. The number of carbonyl (C=O) groups excluding carboxylic acids is 1. The van der Waals surface area contributed by atoms with Crippen LogP contribution in [0.3, 0.4) is 0 Å². The van der Waals surface area contributed by atoms with E-state index in [1.807, 2.05) is 0 Å². The summed E-state index contributed by atoms with van der Waals surface area (Å²) < 4.78 is 0. The molecular weight excluding hydrogens is 266 g/mol. The second-order valence-electron chi connectivity index (χ2n) is 4.43. The third-order valence-corrected chi connectivity index (χ3v) is 4.40. The second kappa shape index (κ2) is 5.48. The third-order valence-electron chi connectivity index (χ3n) is 3.25. The van der Waals surface area contributed by atoms with E-state index in [-0.39, 0.29) is 28.9 Å². The minimum atomic E-state index is -0.597. The Hall–Kier alpha value is -1.76. The van der Waals surface area contributed by atoms with Gasteiger partial charge in [-0.05, 0) is 24.3 Å². The first-order valence-electron chi connectivity index (χ1n) is 5.90. The SMILES string of the molecule is CN(C(=O)c1cccc(N)c1[N+](=O)[O-])C1CCSC1. The van der Waals surface area contributed by atoms with Crippen molar-refractivity contribution in [1.29, 1.82) is 0 Å². The first-order valence-corrected chi connectivity index (χ1v) is 7.05. The summed E-state index contributed by atoms with van der Waals surface area (Å²) in [5.41, 5.74) is 5.37. The number of nitrogens with two attached hydrogens (primary N) is 1. The van der Waals surface area contributed by atoms with Crippen LogP contribution >= 0.6 is 11.8 Å². The molecule has 102 valence electrons. The molecule has 1 heterocycles. The van der Waals surface area contributed by atoms with Crippen molar-refractivity contribution in [1.82, 2.24) is 4.90 Å². The average molecular weight is 281 g/mol. The van der Waals surface area contributed by atoms with Crippen molar-refractivity contribution >= 4 is 29.0 Å². The Bertz CT molecular complexity index is 515. The van der Waals surface area contributed by atoms with E-state index in [0.717, 1.165) is 17.9 Å². The molecule has 1 amide bonds. The first kappa shape index (κ1) is 13.7. The molecule has 1 aromatic carbocycles. The van der Waals surface area contributed by atoms with Gasteiger partial charge in [0, 0.05) is 18.8 Å². The number of nitro groups is 1. The molecule has 1 unspecified atom stereocenters. The van der Waals surface area contributed by atoms with Crippen LogP contribution in [0.4, 0.5) is 11.4 Å².